The monoisotopic (exact) mass is 266 g/mol. The lowest BCUT2D eigenvalue weighted by Crippen LogP contribution is -2.14. The quantitative estimate of drug-likeness (QED) is 0.820. The molecule has 3 nitrogen and oxygen atoms in total. The number of phenolic OH excluding ortho intramolecular Hbond substituents is 2. The first-order valence-corrected chi connectivity index (χ1v) is 6.75. The Morgan fingerprint density at radius 1 is 1.26 bits per heavy atom. The lowest BCUT2D eigenvalue weighted by molar-refractivity contribution is 0.0943. The first-order valence-electron chi connectivity index (χ1n) is 6.75. The Morgan fingerprint density at radius 3 is 2.53 bits per heavy atom. The predicted octanol–water partition coefficient (Wildman–Crippen LogP) is 3.70. The maximum atomic E-state index is 14.0. The first-order chi connectivity index (χ1) is 9.00. The van der Waals surface area contributed by atoms with Gasteiger partial charge in [0, 0.05) is 18.1 Å². The van der Waals surface area contributed by atoms with Crippen LogP contribution in [0.25, 0.3) is 0 Å². The van der Waals surface area contributed by atoms with E-state index in [0.29, 0.717) is 0 Å². The summed E-state index contributed by atoms with van der Waals surface area (Å²) in [4.78, 5) is 12.1. The first kappa shape index (κ1) is 13.8. The van der Waals surface area contributed by atoms with Gasteiger partial charge in [0.2, 0.25) is 0 Å². The molecule has 0 aromatic heterocycles. The Hall–Kier alpha value is -1.58. The Labute approximate surface area is 112 Å². The minimum Gasteiger partial charge on any atom is -0.507 e. The van der Waals surface area contributed by atoms with Gasteiger partial charge in [0.1, 0.15) is 17.3 Å². The zero-order chi connectivity index (χ0) is 14.0. The zero-order valence-corrected chi connectivity index (χ0v) is 11.1. The summed E-state index contributed by atoms with van der Waals surface area (Å²) in [5, 5.41) is 19.1. The summed E-state index contributed by atoms with van der Waals surface area (Å²) >= 11 is 0. The molecule has 1 aromatic rings. The summed E-state index contributed by atoms with van der Waals surface area (Å²) in [5.41, 5.74) is -0.273. The molecule has 4 heteroatoms. The summed E-state index contributed by atoms with van der Waals surface area (Å²) in [6.07, 6.45) is 5.68. The molecule has 1 fully saturated rings. The summed E-state index contributed by atoms with van der Waals surface area (Å²) in [6.45, 7) is 1.39. The van der Waals surface area contributed by atoms with Crippen molar-refractivity contribution in [3.8, 4) is 11.5 Å². The highest BCUT2D eigenvalue weighted by Gasteiger charge is 2.24. The molecule has 104 valence electrons. The number of carbonyl (C=O) groups is 1. The van der Waals surface area contributed by atoms with Crippen molar-refractivity contribution < 1.29 is 19.4 Å². The molecule has 0 bridgehead atoms. The second-order valence-electron chi connectivity index (χ2n) is 5.36. The molecule has 0 unspecified atom stereocenters. The largest absolute Gasteiger partial charge is 0.507 e. The van der Waals surface area contributed by atoms with E-state index in [1.807, 2.05) is 0 Å². The van der Waals surface area contributed by atoms with Crippen molar-refractivity contribution in [2.45, 2.75) is 45.4 Å². The summed E-state index contributed by atoms with van der Waals surface area (Å²) in [7, 11) is 0. The third-order valence-electron chi connectivity index (χ3n) is 3.94. The maximum Gasteiger partial charge on any atom is 0.169 e. The Balaban J connectivity index is 2.21. The van der Waals surface area contributed by atoms with Crippen molar-refractivity contribution in [3.63, 3.8) is 0 Å². The molecule has 0 atom stereocenters. The fourth-order valence-electron chi connectivity index (χ4n) is 2.74. The van der Waals surface area contributed by atoms with E-state index in [4.69, 9.17) is 0 Å². The van der Waals surface area contributed by atoms with Crippen molar-refractivity contribution >= 4 is 5.78 Å². The molecule has 0 amide bonds. The average molecular weight is 266 g/mol. The van der Waals surface area contributed by atoms with E-state index in [2.05, 4.69) is 0 Å². The van der Waals surface area contributed by atoms with Gasteiger partial charge in [-0.2, -0.15) is 0 Å². The fourth-order valence-corrected chi connectivity index (χ4v) is 2.74. The molecule has 1 saturated carbocycles. The van der Waals surface area contributed by atoms with Gasteiger partial charge in [-0.3, -0.25) is 4.79 Å². The van der Waals surface area contributed by atoms with Gasteiger partial charge >= 0.3 is 0 Å². The van der Waals surface area contributed by atoms with Crippen molar-refractivity contribution in [1.82, 2.24) is 0 Å². The molecule has 19 heavy (non-hydrogen) atoms. The van der Waals surface area contributed by atoms with Gasteiger partial charge in [-0.25, -0.2) is 4.39 Å². The minimum absolute atomic E-state index is 0.00444. The number of rotatable bonds is 3. The molecule has 1 aliphatic carbocycles. The summed E-state index contributed by atoms with van der Waals surface area (Å²) in [6, 6.07) is 1.03. The molecule has 2 N–H and O–H groups in total. The van der Waals surface area contributed by atoms with Crippen LogP contribution in [0.15, 0.2) is 6.07 Å². The predicted molar refractivity (Wildman–Crippen MR) is 70.0 cm³/mol. The van der Waals surface area contributed by atoms with Crippen LogP contribution in [0, 0.1) is 18.7 Å². The average Bonchev–Trinajstić information content (AvgIpc) is 2.37. The fraction of sp³-hybridized carbons (Fsp3) is 0.533. The van der Waals surface area contributed by atoms with E-state index in [1.165, 1.54) is 13.3 Å². The lowest BCUT2D eigenvalue weighted by Gasteiger charge is -2.21. The third-order valence-corrected chi connectivity index (χ3v) is 3.94. The van der Waals surface area contributed by atoms with Crippen molar-refractivity contribution in [2.75, 3.05) is 0 Å². The highest BCUT2D eigenvalue weighted by atomic mass is 19.1. The highest BCUT2D eigenvalue weighted by molar-refractivity contribution is 5.99. The van der Waals surface area contributed by atoms with Crippen LogP contribution in [-0.2, 0) is 0 Å². The Bertz CT molecular complexity index is 491. The highest BCUT2D eigenvalue weighted by Crippen LogP contribution is 2.34. The molecule has 0 radical (unpaired) electrons. The van der Waals surface area contributed by atoms with Gasteiger partial charge in [-0.1, -0.05) is 32.1 Å². The number of hydrogen-bond donors (Lipinski definition) is 2. The minimum atomic E-state index is -0.807. The maximum absolute atomic E-state index is 14.0. The number of aromatic hydroxyl groups is 2. The van der Waals surface area contributed by atoms with Gasteiger partial charge < -0.3 is 10.2 Å². The van der Waals surface area contributed by atoms with Crippen LogP contribution in [0.2, 0.25) is 0 Å². The number of halogens is 1. The van der Waals surface area contributed by atoms with E-state index >= 15 is 0 Å². The number of carbonyl (C=O) groups excluding carboxylic acids is 1. The number of Topliss-reactive ketones (excluding diaryl/α,β-unsaturated/α-hetero) is 1. The molecule has 1 aromatic carbocycles. The topological polar surface area (TPSA) is 57.5 Å². The van der Waals surface area contributed by atoms with Crippen LogP contribution in [0.4, 0.5) is 4.39 Å². The third kappa shape index (κ3) is 2.88. The van der Waals surface area contributed by atoms with Crippen LogP contribution in [0.3, 0.4) is 0 Å². The van der Waals surface area contributed by atoms with Crippen LogP contribution < -0.4 is 0 Å². The molecular weight excluding hydrogens is 247 g/mol. The van der Waals surface area contributed by atoms with E-state index in [9.17, 15) is 19.4 Å². The van der Waals surface area contributed by atoms with Gasteiger partial charge in [-0.15, -0.1) is 0 Å². The van der Waals surface area contributed by atoms with E-state index in [1.54, 1.807) is 0 Å². The molecule has 2 rings (SSSR count). The molecule has 0 saturated heterocycles. The zero-order valence-electron chi connectivity index (χ0n) is 11.1. The number of phenols is 2. The van der Waals surface area contributed by atoms with Crippen LogP contribution in [0.1, 0.15) is 54.4 Å². The number of ketones is 1. The summed E-state index contributed by atoms with van der Waals surface area (Å²) < 4.78 is 14.0. The van der Waals surface area contributed by atoms with Crippen LogP contribution in [0.5, 0.6) is 11.5 Å². The SMILES string of the molecule is Cc1c(O)cc(O)c(C(=O)CC2CCCCC2)c1F. The Morgan fingerprint density at radius 2 is 1.89 bits per heavy atom. The summed E-state index contributed by atoms with van der Waals surface area (Å²) in [5.74, 6) is -1.69. The van der Waals surface area contributed by atoms with E-state index < -0.39 is 11.6 Å². The number of hydrogen-bond acceptors (Lipinski definition) is 3. The molecule has 0 aliphatic heterocycles. The van der Waals surface area contributed by atoms with Gasteiger partial charge in [0.05, 0.1) is 5.56 Å². The lowest BCUT2D eigenvalue weighted by atomic mass is 9.84. The van der Waals surface area contributed by atoms with Crippen LogP contribution >= 0.6 is 0 Å². The smallest absolute Gasteiger partial charge is 0.169 e. The van der Waals surface area contributed by atoms with Crippen molar-refractivity contribution in [3.05, 3.63) is 23.0 Å². The van der Waals surface area contributed by atoms with Crippen molar-refractivity contribution in [2.24, 2.45) is 5.92 Å². The van der Waals surface area contributed by atoms with Crippen molar-refractivity contribution in [1.29, 1.82) is 0 Å². The normalized spacial score (nSPS) is 16.5. The Kier molecular flexibility index (Phi) is 4.08. The van der Waals surface area contributed by atoms with E-state index in [-0.39, 0.29) is 35.0 Å². The van der Waals surface area contributed by atoms with Gasteiger partial charge in [0.15, 0.2) is 5.78 Å². The van der Waals surface area contributed by atoms with Crippen LogP contribution in [-0.4, -0.2) is 16.0 Å². The van der Waals surface area contributed by atoms with Gasteiger partial charge in [0.25, 0.3) is 0 Å². The molecular formula is C15H19FO3. The van der Waals surface area contributed by atoms with E-state index in [0.717, 1.165) is 31.7 Å². The number of benzene rings is 1. The second-order valence-corrected chi connectivity index (χ2v) is 5.36. The van der Waals surface area contributed by atoms with Gasteiger partial charge in [-0.05, 0) is 12.8 Å². The molecule has 1 aliphatic rings. The molecule has 0 spiro atoms. The standard InChI is InChI=1S/C15H19FO3/c1-9-11(17)8-13(19)14(15(9)16)12(18)7-10-5-3-2-4-6-10/h8,10,17,19H,2-7H2,1H3. The second kappa shape index (κ2) is 5.59. The molecule has 0 heterocycles.